The monoisotopic (exact) mass is 572 g/mol. The molecule has 2 aromatic carbocycles. The number of rotatable bonds is 10. The molecule has 0 fully saturated rings. The van der Waals surface area contributed by atoms with Gasteiger partial charge in [-0.25, -0.2) is 0 Å². The average Bonchev–Trinajstić information content (AvgIpc) is 2.72. The molecule has 0 saturated carbocycles. The maximum Gasteiger partial charge on any atom is 0.261 e. The number of nitrogens with one attached hydrogen (secondary N) is 1. The van der Waals surface area contributed by atoms with Gasteiger partial charge < -0.3 is 15.0 Å². The number of benzene rings is 2. The Hall–Kier alpha value is -1.61. The zero-order valence-electron chi connectivity index (χ0n) is 16.7. The fourth-order valence-corrected chi connectivity index (χ4v) is 3.29. The van der Waals surface area contributed by atoms with E-state index in [2.05, 4.69) is 50.8 Å². The van der Waals surface area contributed by atoms with Gasteiger partial charge in [-0.2, -0.15) is 0 Å². The fraction of sp³-hybridized carbons (Fsp3) is 0.364. The van der Waals surface area contributed by atoms with E-state index in [4.69, 9.17) is 4.74 Å². The van der Waals surface area contributed by atoms with E-state index < -0.39 is 6.04 Å². The lowest BCUT2D eigenvalue weighted by atomic mass is 10.1. The SMILES string of the molecule is CCCCNC(=O)[C@H](C)N(Cc1ccc(Br)cc1)C(=O)COc1ccc(I)cc1. The molecule has 0 spiro atoms. The van der Waals surface area contributed by atoms with E-state index in [0.717, 1.165) is 26.4 Å². The smallest absolute Gasteiger partial charge is 0.261 e. The summed E-state index contributed by atoms with van der Waals surface area (Å²) in [4.78, 5) is 27.1. The van der Waals surface area contributed by atoms with Crippen LogP contribution in [0.3, 0.4) is 0 Å². The Morgan fingerprint density at radius 3 is 2.41 bits per heavy atom. The van der Waals surface area contributed by atoms with Crippen LogP contribution in [0.25, 0.3) is 0 Å². The molecule has 0 aliphatic rings. The highest BCUT2D eigenvalue weighted by Crippen LogP contribution is 2.16. The van der Waals surface area contributed by atoms with Gasteiger partial charge in [0.15, 0.2) is 6.61 Å². The van der Waals surface area contributed by atoms with Crippen molar-refractivity contribution in [2.45, 2.75) is 39.3 Å². The first-order valence-corrected chi connectivity index (χ1v) is 11.5. The van der Waals surface area contributed by atoms with Crippen molar-refractivity contribution in [3.05, 3.63) is 62.1 Å². The summed E-state index contributed by atoms with van der Waals surface area (Å²) in [6.45, 7) is 4.65. The van der Waals surface area contributed by atoms with Crippen LogP contribution in [0.1, 0.15) is 32.3 Å². The standard InChI is InChI=1S/C22H26BrIN2O3/c1-3-4-13-25-22(28)16(2)26(14-17-5-7-18(23)8-6-17)21(27)15-29-20-11-9-19(24)10-12-20/h5-12,16H,3-4,13-15H2,1-2H3,(H,25,28)/t16-/m0/s1. The van der Waals surface area contributed by atoms with E-state index >= 15 is 0 Å². The van der Waals surface area contributed by atoms with Crippen molar-refractivity contribution >= 4 is 50.3 Å². The van der Waals surface area contributed by atoms with Crippen molar-refractivity contribution in [3.63, 3.8) is 0 Å². The molecule has 7 heteroatoms. The lowest BCUT2D eigenvalue weighted by Gasteiger charge is -2.28. The minimum absolute atomic E-state index is 0.121. The van der Waals surface area contributed by atoms with E-state index in [9.17, 15) is 9.59 Å². The zero-order chi connectivity index (χ0) is 21.2. The number of amides is 2. The highest BCUT2D eigenvalue weighted by molar-refractivity contribution is 14.1. The minimum Gasteiger partial charge on any atom is -0.484 e. The van der Waals surface area contributed by atoms with Gasteiger partial charge in [0.1, 0.15) is 11.8 Å². The van der Waals surface area contributed by atoms with E-state index in [1.165, 1.54) is 0 Å². The Bertz CT molecular complexity index is 797. The molecule has 2 rings (SSSR count). The van der Waals surface area contributed by atoms with Gasteiger partial charge in [-0.15, -0.1) is 0 Å². The van der Waals surface area contributed by atoms with Crippen LogP contribution in [0.4, 0.5) is 0 Å². The topological polar surface area (TPSA) is 58.6 Å². The van der Waals surface area contributed by atoms with Crippen LogP contribution in [-0.2, 0) is 16.1 Å². The van der Waals surface area contributed by atoms with Gasteiger partial charge in [-0.05, 0) is 77.9 Å². The van der Waals surface area contributed by atoms with Crippen molar-refractivity contribution in [3.8, 4) is 5.75 Å². The van der Waals surface area contributed by atoms with Gasteiger partial charge in [0, 0.05) is 21.1 Å². The van der Waals surface area contributed by atoms with E-state index in [1.54, 1.807) is 11.8 Å². The molecule has 0 aliphatic carbocycles. The molecule has 1 N–H and O–H groups in total. The first kappa shape index (κ1) is 23.7. The highest BCUT2D eigenvalue weighted by Gasteiger charge is 2.26. The number of carbonyl (C=O) groups is 2. The third-order valence-corrected chi connectivity index (χ3v) is 5.69. The van der Waals surface area contributed by atoms with Gasteiger partial charge in [-0.1, -0.05) is 41.4 Å². The van der Waals surface area contributed by atoms with E-state index in [0.29, 0.717) is 18.8 Å². The van der Waals surface area contributed by atoms with Gasteiger partial charge in [0.25, 0.3) is 5.91 Å². The molecule has 0 unspecified atom stereocenters. The third-order valence-electron chi connectivity index (χ3n) is 4.44. The molecule has 0 heterocycles. The van der Waals surface area contributed by atoms with Gasteiger partial charge in [0.05, 0.1) is 0 Å². The van der Waals surface area contributed by atoms with Gasteiger partial charge in [-0.3, -0.25) is 9.59 Å². The maximum atomic E-state index is 12.9. The van der Waals surface area contributed by atoms with Crippen LogP contribution in [0.2, 0.25) is 0 Å². The number of hydrogen-bond acceptors (Lipinski definition) is 3. The van der Waals surface area contributed by atoms with Crippen molar-refractivity contribution in [2.75, 3.05) is 13.2 Å². The molecule has 156 valence electrons. The number of unbranched alkanes of at least 4 members (excludes halogenated alkanes) is 1. The summed E-state index contributed by atoms with van der Waals surface area (Å²) < 4.78 is 7.71. The molecule has 29 heavy (non-hydrogen) atoms. The zero-order valence-corrected chi connectivity index (χ0v) is 20.4. The Morgan fingerprint density at radius 1 is 1.14 bits per heavy atom. The van der Waals surface area contributed by atoms with Crippen molar-refractivity contribution in [1.29, 1.82) is 0 Å². The number of nitrogens with zero attached hydrogens (tertiary/aromatic N) is 1. The molecule has 1 atom stereocenters. The Morgan fingerprint density at radius 2 is 1.79 bits per heavy atom. The summed E-state index contributed by atoms with van der Waals surface area (Å²) in [5, 5.41) is 2.91. The van der Waals surface area contributed by atoms with Crippen molar-refractivity contribution in [1.82, 2.24) is 10.2 Å². The van der Waals surface area contributed by atoms with Crippen molar-refractivity contribution in [2.24, 2.45) is 0 Å². The normalized spacial score (nSPS) is 11.6. The predicted molar refractivity (Wildman–Crippen MR) is 127 cm³/mol. The van der Waals surface area contributed by atoms with Crippen LogP contribution in [0.15, 0.2) is 53.0 Å². The number of halogens is 2. The number of carbonyl (C=O) groups excluding carboxylic acids is 2. The number of hydrogen-bond donors (Lipinski definition) is 1. The second kappa shape index (κ2) is 12.2. The van der Waals surface area contributed by atoms with E-state index in [-0.39, 0.29) is 18.4 Å². The first-order chi connectivity index (χ1) is 13.9. The minimum atomic E-state index is -0.594. The molecule has 0 aliphatic heterocycles. The summed E-state index contributed by atoms with van der Waals surface area (Å²) in [7, 11) is 0. The Balaban J connectivity index is 2.08. The molecule has 0 radical (unpaired) electrons. The second-order valence-electron chi connectivity index (χ2n) is 6.71. The highest BCUT2D eigenvalue weighted by atomic mass is 127. The Kier molecular flexibility index (Phi) is 9.93. The van der Waals surface area contributed by atoms with E-state index in [1.807, 2.05) is 48.5 Å². The lowest BCUT2D eigenvalue weighted by Crippen LogP contribution is -2.49. The molecule has 0 saturated heterocycles. The predicted octanol–water partition coefficient (Wildman–Crippen LogP) is 4.77. The molecular weight excluding hydrogens is 547 g/mol. The van der Waals surface area contributed by atoms with Crippen LogP contribution in [0, 0.1) is 3.57 Å². The molecule has 5 nitrogen and oxygen atoms in total. The summed E-state index contributed by atoms with van der Waals surface area (Å²) >= 11 is 5.63. The molecule has 2 amide bonds. The molecular formula is C22H26BrIN2O3. The van der Waals surface area contributed by atoms with Crippen molar-refractivity contribution < 1.29 is 14.3 Å². The fourth-order valence-electron chi connectivity index (χ4n) is 2.66. The van der Waals surface area contributed by atoms with Crippen LogP contribution in [-0.4, -0.2) is 35.9 Å². The average molecular weight is 573 g/mol. The first-order valence-electron chi connectivity index (χ1n) is 9.60. The molecule has 0 aromatic heterocycles. The van der Waals surface area contributed by atoms with Crippen LogP contribution >= 0.6 is 38.5 Å². The number of ether oxygens (including phenoxy) is 1. The lowest BCUT2D eigenvalue weighted by molar-refractivity contribution is -0.142. The van der Waals surface area contributed by atoms with Gasteiger partial charge >= 0.3 is 0 Å². The second-order valence-corrected chi connectivity index (χ2v) is 8.87. The quantitative estimate of drug-likeness (QED) is 0.330. The summed E-state index contributed by atoms with van der Waals surface area (Å²) in [6.07, 6.45) is 1.91. The van der Waals surface area contributed by atoms with Crippen LogP contribution < -0.4 is 10.1 Å². The van der Waals surface area contributed by atoms with Gasteiger partial charge in [0.2, 0.25) is 5.91 Å². The summed E-state index contributed by atoms with van der Waals surface area (Å²) in [5.74, 6) is 0.241. The summed E-state index contributed by atoms with van der Waals surface area (Å²) in [5.41, 5.74) is 0.948. The molecule has 0 bridgehead atoms. The Labute approximate surface area is 194 Å². The summed E-state index contributed by atoms with van der Waals surface area (Å²) in [6, 6.07) is 14.6. The third kappa shape index (κ3) is 7.97. The maximum absolute atomic E-state index is 12.9. The molecule has 2 aromatic rings. The van der Waals surface area contributed by atoms with Crippen LogP contribution in [0.5, 0.6) is 5.75 Å². The largest absolute Gasteiger partial charge is 0.484 e.